The summed E-state index contributed by atoms with van der Waals surface area (Å²) in [6, 6.07) is 2.33. The average Bonchev–Trinajstić information content (AvgIpc) is 3.06. The summed E-state index contributed by atoms with van der Waals surface area (Å²) < 4.78 is 5.52. The van der Waals surface area contributed by atoms with Gasteiger partial charge in [-0.25, -0.2) is 9.78 Å². The summed E-state index contributed by atoms with van der Waals surface area (Å²) in [5.41, 5.74) is 1.75. The van der Waals surface area contributed by atoms with Crippen LogP contribution in [-0.2, 0) is 4.74 Å². The maximum absolute atomic E-state index is 12.8. The predicted octanol–water partition coefficient (Wildman–Crippen LogP) is 3.50. The molecular formula is C22H29N3O3. The smallest absolute Gasteiger partial charge is 0.342 e. The molecule has 0 aliphatic heterocycles. The predicted molar refractivity (Wildman–Crippen MR) is 107 cm³/mol. The number of esters is 1. The highest BCUT2D eigenvalue weighted by Gasteiger charge is 2.56. The van der Waals surface area contributed by atoms with E-state index in [0.29, 0.717) is 29.4 Å². The van der Waals surface area contributed by atoms with Crippen LogP contribution in [0.2, 0.25) is 0 Å². The molecule has 6 rings (SSSR count). The van der Waals surface area contributed by atoms with Gasteiger partial charge in [-0.3, -0.25) is 0 Å². The van der Waals surface area contributed by atoms with Crippen LogP contribution in [-0.4, -0.2) is 45.8 Å². The van der Waals surface area contributed by atoms with Crippen molar-refractivity contribution in [1.82, 2.24) is 9.97 Å². The van der Waals surface area contributed by atoms with Gasteiger partial charge < -0.3 is 19.7 Å². The fourth-order valence-corrected chi connectivity index (χ4v) is 6.54. The van der Waals surface area contributed by atoms with E-state index in [-0.39, 0.29) is 12.1 Å². The molecule has 4 bridgehead atoms. The van der Waals surface area contributed by atoms with Crippen molar-refractivity contribution >= 4 is 22.7 Å². The van der Waals surface area contributed by atoms with Gasteiger partial charge in [0.05, 0.1) is 17.4 Å². The number of hydrogen-bond donors (Lipinski definition) is 2. The molecule has 6 heteroatoms. The van der Waals surface area contributed by atoms with Crippen LogP contribution in [0, 0.1) is 17.8 Å². The van der Waals surface area contributed by atoms with E-state index in [4.69, 9.17) is 4.74 Å². The minimum absolute atomic E-state index is 0.178. The summed E-state index contributed by atoms with van der Waals surface area (Å²) in [5, 5.41) is 11.9. The van der Waals surface area contributed by atoms with Crippen LogP contribution in [0.25, 0.3) is 11.0 Å². The molecule has 2 aromatic rings. The summed E-state index contributed by atoms with van der Waals surface area (Å²) in [7, 11) is 2.10. The van der Waals surface area contributed by atoms with E-state index in [2.05, 4.69) is 21.9 Å². The van der Waals surface area contributed by atoms with Gasteiger partial charge in [0.2, 0.25) is 0 Å². The van der Waals surface area contributed by atoms with E-state index in [0.717, 1.165) is 36.0 Å². The highest BCUT2D eigenvalue weighted by atomic mass is 16.5. The second-order valence-corrected chi connectivity index (χ2v) is 9.51. The van der Waals surface area contributed by atoms with Crippen molar-refractivity contribution in [3.8, 4) is 0 Å². The number of H-pyrrole nitrogens is 1. The third kappa shape index (κ3) is 2.72. The minimum Gasteiger partial charge on any atom is -0.459 e. The van der Waals surface area contributed by atoms with Gasteiger partial charge in [0, 0.05) is 30.9 Å². The number of aliphatic hydroxyl groups is 1. The number of carbonyl (C=O) groups excluding carboxylic acids is 1. The second kappa shape index (κ2) is 6.21. The summed E-state index contributed by atoms with van der Waals surface area (Å²) in [6.07, 6.45) is 8.42. The molecule has 1 unspecified atom stereocenters. The molecular weight excluding hydrogens is 354 g/mol. The third-order valence-electron chi connectivity index (χ3n) is 7.11. The molecule has 0 radical (unpaired) electrons. The Morgan fingerprint density at radius 2 is 2.04 bits per heavy atom. The molecule has 2 aromatic heterocycles. The average molecular weight is 383 g/mol. The van der Waals surface area contributed by atoms with Crippen molar-refractivity contribution in [2.24, 2.45) is 17.8 Å². The normalized spacial score (nSPS) is 33.6. The van der Waals surface area contributed by atoms with Crippen molar-refractivity contribution in [3.63, 3.8) is 0 Å². The van der Waals surface area contributed by atoms with E-state index >= 15 is 0 Å². The zero-order valence-electron chi connectivity index (χ0n) is 16.8. The molecule has 28 heavy (non-hydrogen) atoms. The highest BCUT2D eigenvalue weighted by Crippen LogP contribution is 2.57. The van der Waals surface area contributed by atoms with E-state index in [9.17, 15) is 9.90 Å². The number of pyridine rings is 1. The number of nitrogens with one attached hydrogen (secondary N) is 1. The first-order valence-electron chi connectivity index (χ1n) is 10.5. The molecule has 6 nitrogen and oxygen atoms in total. The Morgan fingerprint density at radius 1 is 1.32 bits per heavy atom. The third-order valence-corrected chi connectivity index (χ3v) is 7.11. The number of hydrogen-bond acceptors (Lipinski definition) is 5. The summed E-state index contributed by atoms with van der Waals surface area (Å²) in [6.45, 7) is 3.73. The molecule has 4 aliphatic carbocycles. The van der Waals surface area contributed by atoms with E-state index in [1.54, 1.807) is 6.20 Å². The van der Waals surface area contributed by atoms with Gasteiger partial charge in [-0.1, -0.05) is 0 Å². The number of rotatable bonds is 4. The summed E-state index contributed by atoms with van der Waals surface area (Å²) in [5.74, 6) is 1.27. The number of anilines is 1. The molecule has 4 fully saturated rings. The van der Waals surface area contributed by atoms with Crippen molar-refractivity contribution in [2.45, 2.75) is 63.7 Å². The maximum atomic E-state index is 12.8. The topological polar surface area (TPSA) is 78.5 Å². The van der Waals surface area contributed by atoms with E-state index in [1.165, 1.54) is 12.8 Å². The zero-order chi connectivity index (χ0) is 19.6. The monoisotopic (exact) mass is 383 g/mol. The lowest BCUT2D eigenvalue weighted by Crippen LogP contribution is -2.61. The van der Waals surface area contributed by atoms with Gasteiger partial charge in [-0.05, 0) is 69.8 Å². The van der Waals surface area contributed by atoms with Gasteiger partial charge in [0.25, 0.3) is 0 Å². The van der Waals surface area contributed by atoms with Crippen LogP contribution in [0.3, 0.4) is 0 Å². The van der Waals surface area contributed by atoms with Gasteiger partial charge >= 0.3 is 5.97 Å². The van der Waals surface area contributed by atoms with Crippen LogP contribution in [0.1, 0.15) is 56.3 Å². The van der Waals surface area contributed by atoms with Gasteiger partial charge in [0.15, 0.2) is 0 Å². The van der Waals surface area contributed by atoms with Crippen molar-refractivity contribution < 1.29 is 14.6 Å². The molecule has 4 aliphatic rings. The molecule has 4 saturated carbocycles. The van der Waals surface area contributed by atoms with E-state index in [1.807, 2.05) is 26.1 Å². The lowest BCUT2D eigenvalue weighted by Gasteiger charge is -2.60. The Hall–Kier alpha value is -2.08. The zero-order valence-corrected chi connectivity index (χ0v) is 16.8. The SMILES string of the molecule is CC(C)OC(=O)c1cnc2[nH]ccc2c1N(C)C1[C@@H]2C[C@@H]3C[C@H]1C[C@@](O)(C3)C2. The lowest BCUT2D eigenvalue weighted by atomic mass is 9.52. The number of carbonyl (C=O) groups is 1. The van der Waals surface area contributed by atoms with Crippen molar-refractivity contribution in [1.29, 1.82) is 0 Å². The Morgan fingerprint density at radius 3 is 2.68 bits per heavy atom. The number of ether oxygens (including phenoxy) is 1. The quantitative estimate of drug-likeness (QED) is 0.790. The van der Waals surface area contributed by atoms with Crippen LogP contribution in [0.15, 0.2) is 18.5 Å². The van der Waals surface area contributed by atoms with Crippen molar-refractivity contribution in [2.75, 3.05) is 11.9 Å². The van der Waals surface area contributed by atoms with Gasteiger partial charge in [0.1, 0.15) is 11.2 Å². The molecule has 5 atom stereocenters. The molecule has 2 N–H and O–H groups in total. The fraction of sp³-hybridized carbons (Fsp3) is 0.636. The Labute approximate surface area is 165 Å². The van der Waals surface area contributed by atoms with Crippen LogP contribution in [0.4, 0.5) is 5.69 Å². The van der Waals surface area contributed by atoms with Crippen LogP contribution < -0.4 is 4.90 Å². The molecule has 2 heterocycles. The number of aromatic nitrogens is 2. The standard InChI is InChI=1S/C22H29N3O3/c1-12(2)28-21(26)17-11-24-20-16(4-5-23-20)19(17)25(3)18-14-6-13-7-15(18)10-22(27,8-13)9-14/h4-5,11-15,18,27H,6-10H2,1-3H3,(H,23,24)/t13-,14-,15+,18?,22-. The first kappa shape index (κ1) is 18.0. The van der Waals surface area contributed by atoms with Crippen LogP contribution >= 0.6 is 0 Å². The van der Waals surface area contributed by atoms with E-state index < -0.39 is 5.60 Å². The maximum Gasteiger partial charge on any atom is 0.342 e. The lowest BCUT2D eigenvalue weighted by molar-refractivity contribution is -0.133. The summed E-state index contributed by atoms with van der Waals surface area (Å²) >= 11 is 0. The Balaban J connectivity index is 1.57. The molecule has 150 valence electrons. The first-order valence-corrected chi connectivity index (χ1v) is 10.5. The number of fused-ring (bicyclic) bond motifs is 1. The Kier molecular flexibility index (Phi) is 3.99. The number of aromatic amines is 1. The first-order chi connectivity index (χ1) is 13.3. The molecule has 0 spiro atoms. The second-order valence-electron chi connectivity index (χ2n) is 9.51. The van der Waals surface area contributed by atoms with Gasteiger partial charge in [-0.15, -0.1) is 0 Å². The molecule has 0 amide bonds. The highest BCUT2D eigenvalue weighted by molar-refractivity contribution is 6.04. The number of nitrogens with zero attached hydrogens (tertiary/aromatic N) is 2. The van der Waals surface area contributed by atoms with Gasteiger partial charge in [-0.2, -0.15) is 0 Å². The Bertz CT molecular complexity index is 905. The summed E-state index contributed by atoms with van der Waals surface area (Å²) in [4.78, 5) is 22.7. The molecule has 0 saturated heterocycles. The minimum atomic E-state index is -0.463. The van der Waals surface area contributed by atoms with Crippen molar-refractivity contribution in [3.05, 3.63) is 24.0 Å². The fourth-order valence-electron chi connectivity index (χ4n) is 6.54. The molecule has 0 aromatic carbocycles. The van der Waals surface area contributed by atoms with Crippen LogP contribution in [0.5, 0.6) is 0 Å². The largest absolute Gasteiger partial charge is 0.459 e.